The zero-order chi connectivity index (χ0) is 13.5. The lowest BCUT2D eigenvalue weighted by Gasteiger charge is -2.23. The molecule has 1 saturated heterocycles. The zero-order valence-electron chi connectivity index (χ0n) is 11.3. The fraction of sp³-hybridized carbons (Fsp3) is 0.571. The van der Waals surface area contributed by atoms with Crippen molar-refractivity contribution in [2.45, 2.75) is 31.9 Å². The monoisotopic (exact) mass is 263 g/mol. The van der Waals surface area contributed by atoms with Crippen LogP contribution in [0.4, 0.5) is 0 Å². The second-order valence-electron chi connectivity index (χ2n) is 4.84. The van der Waals surface area contributed by atoms with Gasteiger partial charge in [-0.3, -0.25) is 9.78 Å². The third-order valence-corrected chi connectivity index (χ3v) is 3.30. The molecular formula is C14H21N3O2. The number of piperidine rings is 1. The number of rotatable bonds is 5. The summed E-state index contributed by atoms with van der Waals surface area (Å²) < 4.78 is 5.61. The topological polar surface area (TPSA) is 63.2 Å². The molecule has 0 unspecified atom stereocenters. The van der Waals surface area contributed by atoms with Crippen LogP contribution >= 0.6 is 0 Å². The number of ether oxygens (including phenoxy) is 1. The predicted octanol–water partition coefficient (Wildman–Crippen LogP) is 1.03. The van der Waals surface area contributed by atoms with E-state index >= 15 is 0 Å². The molecule has 1 amide bonds. The molecule has 0 spiro atoms. The van der Waals surface area contributed by atoms with E-state index in [0.717, 1.165) is 31.5 Å². The molecule has 2 N–H and O–H groups in total. The smallest absolute Gasteiger partial charge is 0.246 e. The van der Waals surface area contributed by atoms with E-state index in [9.17, 15) is 4.79 Å². The normalized spacial score (nSPS) is 17.9. The van der Waals surface area contributed by atoms with Gasteiger partial charge in [0.25, 0.3) is 0 Å². The molecule has 2 heterocycles. The quantitative estimate of drug-likeness (QED) is 0.833. The number of amides is 1. The van der Waals surface area contributed by atoms with Gasteiger partial charge in [-0.2, -0.15) is 0 Å². The SMILES string of the molecule is C[C@H](NC(=O)COC1CCNCC1)c1cccnc1. The Kier molecular flexibility index (Phi) is 5.30. The highest BCUT2D eigenvalue weighted by Crippen LogP contribution is 2.10. The number of nitrogens with one attached hydrogen (secondary N) is 2. The van der Waals surface area contributed by atoms with Crippen molar-refractivity contribution in [3.8, 4) is 0 Å². The van der Waals surface area contributed by atoms with Crippen molar-refractivity contribution in [1.29, 1.82) is 0 Å². The molecule has 5 heteroatoms. The highest BCUT2D eigenvalue weighted by atomic mass is 16.5. The standard InChI is InChI=1S/C14H21N3O2/c1-11(12-3-2-6-16-9-12)17-14(18)10-19-13-4-7-15-8-5-13/h2-3,6,9,11,13,15H,4-5,7-8,10H2,1H3,(H,17,18)/t11-/m0/s1. The largest absolute Gasteiger partial charge is 0.368 e. The number of carbonyl (C=O) groups excluding carboxylic acids is 1. The van der Waals surface area contributed by atoms with Crippen LogP contribution in [0.3, 0.4) is 0 Å². The molecule has 19 heavy (non-hydrogen) atoms. The van der Waals surface area contributed by atoms with E-state index in [1.807, 2.05) is 19.1 Å². The lowest BCUT2D eigenvalue weighted by Crippen LogP contribution is -2.36. The zero-order valence-corrected chi connectivity index (χ0v) is 11.3. The maximum Gasteiger partial charge on any atom is 0.246 e. The minimum atomic E-state index is -0.0742. The Morgan fingerprint density at radius 2 is 2.37 bits per heavy atom. The van der Waals surface area contributed by atoms with E-state index in [0.29, 0.717) is 0 Å². The van der Waals surface area contributed by atoms with Gasteiger partial charge in [0.05, 0.1) is 12.1 Å². The maximum absolute atomic E-state index is 11.8. The van der Waals surface area contributed by atoms with Gasteiger partial charge in [-0.15, -0.1) is 0 Å². The molecule has 1 aliphatic rings. The molecule has 1 fully saturated rings. The van der Waals surface area contributed by atoms with E-state index in [1.54, 1.807) is 12.4 Å². The van der Waals surface area contributed by atoms with Crippen LogP contribution in [-0.2, 0) is 9.53 Å². The van der Waals surface area contributed by atoms with Crippen molar-refractivity contribution in [3.63, 3.8) is 0 Å². The van der Waals surface area contributed by atoms with E-state index in [1.165, 1.54) is 0 Å². The van der Waals surface area contributed by atoms with Crippen LogP contribution in [0.25, 0.3) is 0 Å². The summed E-state index contributed by atoms with van der Waals surface area (Å²) in [5.41, 5.74) is 0.998. The summed E-state index contributed by atoms with van der Waals surface area (Å²) in [7, 11) is 0. The molecule has 2 rings (SSSR count). The number of aromatic nitrogens is 1. The molecule has 0 saturated carbocycles. The van der Waals surface area contributed by atoms with E-state index in [2.05, 4.69) is 15.6 Å². The van der Waals surface area contributed by atoms with Gasteiger partial charge in [-0.1, -0.05) is 6.07 Å². The van der Waals surface area contributed by atoms with Crippen molar-refractivity contribution >= 4 is 5.91 Å². The van der Waals surface area contributed by atoms with Crippen LogP contribution in [0.1, 0.15) is 31.4 Å². The van der Waals surface area contributed by atoms with Gasteiger partial charge in [0.2, 0.25) is 5.91 Å². The van der Waals surface area contributed by atoms with Crippen LogP contribution < -0.4 is 10.6 Å². The second-order valence-corrected chi connectivity index (χ2v) is 4.84. The average molecular weight is 263 g/mol. The summed E-state index contributed by atoms with van der Waals surface area (Å²) in [4.78, 5) is 15.8. The highest BCUT2D eigenvalue weighted by molar-refractivity contribution is 5.77. The summed E-state index contributed by atoms with van der Waals surface area (Å²) >= 11 is 0. The van der Waals surface area contributed by atoms with Crippen LogP contribution in [0.5, 0.6) is 0 Å². The molecule has 1 aliphatic heterocycles. The minimum absolute atomic E-state index is 0.0437. The number of nitrogens with zero attached hydrogens (tertiary/aromatic N) is 1. The molecule has 0 aliphatic carbocycles. The Balaban J connectivity index is 1.71. The van der Waals surface area contributed by atoms with E-state index in [-0.39, 0.29) is 24.7 Å². The molecule has 0 aromatic carbocycles. The van der Waals surface area contributed by atoms with Gasteiger partial charge in [-0.25, -0.2) is 0 Å². The Bertz CT molecular complexity index is 391. The number of pyridine rings is 1. The molecule has 1 aromatic rings. The van der Waals surface area contributed by atoms with Gasteiger partial charge in [0.15, 0.2) is 0 Å². The predicted molar refractivity (Wildman–Crippen MR) is 72.6 cm³/mol. The number of carbonyl (C=O) groups is 1. The van der Waals surface area contributed by atoms with Gasteiger partial charge in [-0.05, 0) is 44.5 Å². The van der Waals surface area contributed by atoms with Crippen LogP contribution in [0.2, 0.25) is 0 Å². The Hall–Kier alpha value is -1.46. The first-order valence-corrected chi connectivity index (χ1v) is 6.77. The Morgan fingerprint density at radius 1 is 1.58 bits per heavy atom. The first kappa shape index (κ1) is 14.0. The first-order chi connectivity index (χ1) is 9.25. The van der Waals surface area contributed by atoms with Crippen molar-refractivity contribution in [2.24, 2.45) is 0 Å². The molecule has 0 radical (unpaired) electrons. The fourth-order valence-corrected chi connectivity index (χ4v) is 2.15. The van der Waals surface area contributed by atoms with Crippen LogP contribution in [0.15, 0.2) is 24.5 Å². The van der Waals surface area contributed by atoms with Crippen molar-refractivity contribution in [1.82, 2.24) is 15.6 Å². The Labute approximate surface area is 113 Å². The van der Waals surface area contributed by atoms with Gasteiger partial charge < -0.3 is 15.4 Å². The van der Waals surface area contributed by atoms with Gasteiger partial charge in [0, 0.05) is 12.4 Å². The van der Waals surface area contributed by atoms with Crippen molar-refractivity contribution in [3.05, 3.63) is 30.1 Å². The summed E-state index contributed by atoms with van der Waals surface area (Å²) in [6.07, 6.45) is 5.65. The minimum Gasteiger partial charge on any atom is -0.368 e. The second kappa shape index (κ2) is 7.21. The van der Waals surface area contributed by atoms with Crippen molar-refractivity contribution in [2.75, 3.05) is 19.7 Å². The fourth-order valence-electron chi connectivity index (χ4n) is 2.15. The van der Waals surface area contributed by atoms with Gasteiger partial charge in [0.1, 0.15) is 6.61 Å². The third-order valence-electron chi connectivity index (χ3n) is 3.30. The first-order valence-electron chi connectivity index (χ1n) is 6.77. The molecule has 1 aromatic heterocycles. The van der Waals surface area contributed by atoms with Gasteiger partial charge >= 0.3 is 0 Å². The number of hydrogen-bond acceptors (Lipinski definition) is 4. The number of hydrogen-bond donors (Lipinski definition) is 2. The molecule has 0 bridgehead atoms. The van der Waals surface area contributed by atoms with E-state index < -0.39 is 0 Å². The summed E-state index contributed by atoms with van der Waals surface area (Å²) in [6, 6.07) is 3.77. The van der Waals surface area contributed by atoms with Crippen LogP contribution in [-0.4, -0.2) is 36.7 Å². The third kappa shape index (κ3) is 4.61. The van der Waals surface area contributed by atoms with Crippen LogP contribution in [0, 0.1) is 0 Å². The van der Waals surface area contributed by atoms with Crippen molar-refractivity contribution < 1.29 is 9.53 Å². The lowest BCUT2D eigenvalue weighted by atomic mass is 10.1. The Morgan fingerprint density at radius 3 is 3.05 bits per heavy atom. The highest BCUT2D eigenvalue weighted by Gasteiger charge is 2.16. The summed E-state index contributed by atoms with van der Waals surface area (Å²) in [6.45, 7) is 4.02. The summed E-state index contributed by atoms with van der Waals surface area (Å²) in [5.74, 6) is -0.0742. The average Bonchev–Trinajstić information content (AvgIpc) is 2.47. The molecular weight excluding hydrogens is 242 g/mol. The molecule has 1 atom stereocenters. The summed E-state index contributed by atoms with van der Waals surface area (Å²) in [5, 5.41) is 6.18. The maximum atomic E-state index is 11.8. The lowest BCUT2D eigenvalue weighted by molar-refractivity contribution is -0.128. The molecule has 5 nitrogen and oxygen atoms in total. The van der Waals surface area contributed by atoms with E-state index in [4.69, 9.17) is 4.74 Å². The molecule has 104 valence electrons.